The summed E-state index contributed by atoms with van der Waals surface area (Å²) >= 11 is 4.33. The van der Waals surface area contributed by atoms with Crippen molar-refractivity contribution < 1.29 is 9.84 Å². The minimum absolute atomic E-state index is 0.0539. The average Bonchev–Trinajstić information content (AvgIpc) is 2.48. The minimum Gasteiger partial charge on any atom is -0.388 e. The third-order valence-electron chi connectivity index (χ3n) is 4.59. The smallest absolute Gasteiger partial charge is 0.0820 e. The molecular weight excluding hydrogens is 383 g/mol. The van der Waals surface area contributed by atoms with Crippen LogP contribution in [-0.4, -0.2) is 28.8 Å². The van der Waals surface area contributed by atoms with Crippen LogP contribution in [0.2, 0.25) is 0 Å². The van der Waals surface area contributed by atoms with Crippen molar-refractivity contribution in [1.82, 2.24) is 0 Å². The average molecular weight is 404 g/mol. The van der Waals surface area contributed by atoms with E-state index in [4.69, 9.17) is 4.74 Å². The Morgan fingerprint density at radius 3 is 2.65 bits per heavy atom. The van der Waals surface area contributed by atoms with Crippen LogP contribution >= 0.6 is 34.4 Å². The molecule has 110 valence electrons. The second kappa shape index (κ2) is 6.55. The number of ether oxygens (including phenoxy) is 1. The largest absolute Gasteiger partial charge is 0.388 e. The van der Waals surface area contributed by atoms with Crippen molar-refractivity contribution in [3.05, 3.63) is 33.4 Å². The van der Waals surface area contributed by atoms with Gasteiger partial charge in [0.25, 0.3) is 0 Å². The van der Waals surface area contributed by atoms with Crippen LogP contribution in [0.5, 0.6) is 0 Å². The van der Waals surface area contributed by atoms with Gasteiger partial charge in [-0.05, 0) is 83.4 Å². The van der Waals surface area contributed by atoms with Gasteiger partial charge in [0.15, 0.2) is 0 Å². The molecule has 2 fully saturated rings. The molecule has 0 saturated carbocycles. The van der Waals surface area contributed by atoms with Crippen LogP contribution in [0.15, 0.2) is 24.3 Å². The highest BCUT2D eigenvalue weighted by Crippen LogP contribution is 2.43. The summed E-state index contributed by atoms with van der Waals surface area (Å²) in [5, 5.41) is 10.7. The van der Waals surface area contributed by atoms with Gasteiger partial charge in [0.1, 0.15) is 0 Å². The summed E-state index contributed by atoms with van der Waals surface area (Å²) in [5.41, 5.74) is 1.11. The first kappa shape index (κ1) is 15.1. The Kier molecular flexibility index (Phi) is 4.95. The molecule has 2 aliphatic heterocycles. The van der Waals surface area contributed by atoms with Crippen LogP contribution in [0.1, 0.15) is 37.4 Å². The van der Waals surface area contributed by atoms with Gasteiger partial charge in [-0.25, -0.2) is 0 Å². The van der Waals surface area contributed by atoms with E-state index in [0.29, 0.717) is 5.92 Å². The topological polar surface area (TPSA) is 29.5 Å². The lowest BCUT2D eigenvalue weighted by molar-refractivity contribution is -0.121. The van der Waals surface area contributed by atoms with Gasteiger partial charge in [-0.2, -0.15) is 11.8 Å². The highest BCUT2D eigenvalue weighted by Gasteiger charge is 2.40. The second-order valence-electron chi connectivity index (χ2n) is 5.89. The second-order valence-corrected chi connectivity index (χ2v) is 8.36. The van der Waals surface area contributed by atoms with Crippen LogP contribution in [-0.2, 0) is 4.74 Å². The first-order chi connectivity index (χ1) is 9.69. The van der Waals surface area contributed by atoms with Gasteiger partial charge in [0.05, 0.1) is 11.7 Å². The molecule has 2 unspecified atom stereocenters. The standard InChI is InChI=1S/C16H21IO2S/c17-14-3-1-12(2-4-14)15(18)13-5-8-19-16(11-13)6-9-20-10-7-16/h1-4,13,15,18H,5-11H2. The van der Waals surface area contributed by atoms with Gasteiger partial charge < -0.3 is 9.84 Å². The van der Waals surface area contributed by atoms with Gasteiger partial charge >= 0.3 is 0 Å². The van der Waals surface area contributed by atoms with E-state index in [-0.39, 0.29) is 11.7 Å². The zero-order valence-electron chi connectivity index (χ0n) is 11.6. The van der Waals surface area contributed by atoms with Crippen LogP contribution < -0.4 is 0 Å². The van der Waals surface area contributed by atoms with Gasteiger partial charge in [0, 0.05) is 10.2 Å². The van der Waals surface area contributed by atoms with E-state index in [1.54, 1.807) is 0 Å². The fourth-order valence-corrected chi connectivity index (χ4v) is 4.96. The normalized spacial score (nSPS) is 27.4. The molecule has 1 spiro atoms. The molecule has 4 heteroatoms. The molecule has 2 aliphatic rings. The van der Waals surface area contributed by atoms with E-state index in [1.807, 2.05) is 11.8 Å². The van der Waals surface area contributed by atoms with Crippen LogP contribution in [0.3, 0.4) is 0 Å². The first-order valence-corrected chi connectivity index (χ1v) is 9.57. The fraction of sp³-hybridized carbons (Fsp3) is 0.625. The maximum atomic E-state index is 10.7. The van der Waals surface area contributed by atoms with Crippen molar-refractivity contribution in [1.29, 1.82) is 0 Å². The van der Waals surface area contributed by atoms with Crippen molar-refractivity contribution in [2.75, 3.05) is 18.1 Å². The van der Waals surface area contributed by atoms with Gasteiger partial charge in [-0.15, -0.1) is 0 Å². The zero-order chi connectivity index (χ0) is 14.0. The number of halogens is 1. The summed E-state index contributed by atoms with van der Waals surface area (Å²) in [6.07, 6.45) is 3.94. The molecule has 3 rings (SSSR count). The highest BCUT2D eigenvalue weighted by molar-refractivity contribution is 14.1. The molecular formula is C16H21IO2S. The Hall–Kier alpha value is 0.220. The third kappa shape index (κ3) is 3.34. The van der Waals surface area contributed by atoms with Crippen LogP contribution in [0.25, 0.3) is 0 Å². The number of benzene rings is 1. The Morgan fingerprint density at radius 2 is 1.95 bits per heavy atom. The number of aliphatic hydroxyl groups excluding tert-OH is 1. The van der Waals surface area contributed by atoms with E-state index >= 15 is 0 Å². The lowest BCUT2D eigenvalue weighted by Gasteiger charge is -2.44. The summed E-state index contributed by atoms with van der Waals surface area (Å²) in [6.45, 7) is 0.802. The quantitative estimate of drug-likeness (QED) is 0.756. The Morgan fingerprint density at radius 1 is 1.25 bits per heavy atom. The first-order valence-electron chi connectivity index (χ1n) is 7.34. The van der Waals surface area contributed by atoms with Gasteiger partial charge in [0.2, 0.25) is 0 Å². The summed E-state index contributed by atoms with van der Waals surface area (Å²) in [4.78, 5) is 0. The number of rotatable bonds is 2. The van der Waals surface area contributed by atoms with E-state index in [1.165, 1.54) is 15.1 Å². The maximum absolute atomic E-state index is 10.7. The summed E-state index contributed by atoms with van der Waals surface area (Å²) in [7, 11) is 0. The molecule has 2 heterocycles. The molecule has 0 amide bonds. The molecule has 2 nitrogen and oxygen atoms in total. The molecule has 0 radical (unpaired) electrons. The Labute approximate surface area is 138 Å². The van der Waals surface area contributed by atoms with Crippen molar-refractivity contribution >= 4 is 34.4 Å². The summed E-state index contributed by atoms with van der Waals surface area (Å²) in [5.74, 6) is 2.74. The number of thioether (sulfide) groups is 1. The van der Waals surface area contributed by atoms with E-state index < -0.39 is 0 Å². The number of hydrogen-bond donors (Lipinski definition) is 1. The number of hydrogen-bond acceptors (Lipinski definition) is 3. The molecule has 2 atom stereocenters. The maximum Gasteiger partial charge on any atom is 0.0820 e. The predicted octanol–water partition coefficient (Wildman–Crippen LogP) is 4.02. The van der Waals surface area contributed by atoms with E-state index in [9.17, 15) is 5.11 Å². The molecule has 0 bridgehead atoms. The molecule has 1 N–H and O–H groups in total. The van der Waals surface area contributed by atoms with Crippen molar-refractivity contribution in [3.8, 4) is 0 Å². The molecule has 1 aromatic carbocycles. The summed E-state index contributed by atoms with van der Waals surface area (Å²) in [6, 6.07) is 8.27. The monoisotopic (exact) mass is 404 g/mol. The SMILES string of the molecule is OC(c1ccc(I)cc1)C1CCOC2(CCSCC2)C1. The van der Waals surface area contributed by atoms with E-state index in [0.717, 1.165) is 37.9 Å². The van der Waals surface area contributed by atoms with Crippen LogP contribution in [0.4, 0.5) is 0 Å². The summed E-state index contributed by atoms with van der Waals surface area (Å²) < 4.78 is 7.33. The lowest BCUT2D eigenvalue weighted by atomic mass is 9.78. The van der Waals surface area contributed by atoms with Crippen molar-refractivity contribution in [2.45, 2.75) is 37.4 Å². The fourth-order valence-electron chi connectivity index (χ4n) is 3.36. The van der Waals surface area contributed by atoms with E-state index in [2.05, 4.69) is 46.9 Å². The third-order valence-corrected chi connectivity index (χ3v) is 6.30. The highest BCUT2D eigenvalue weighted by atomic mass is 127. The van der Waals surface area contributed by atoms with Crippen molar-refractivity contribution in [2.24, 2.45) is 5.92 Å². The lowest BCUT2D eigenvalue weighted by Crippen LogP contribution is -2.44. The number of aliphatic hydroxyl groups is 1. The Balaban J connectivity index is 1.71. The minimum atomic E-state index is -0.345. The zero-order valence-corrected chi connectivity index (χ0v) is 14.5. The van der Waals surface area contributed by atoms with Gasteiger partial charge in [-0.1, -0.05) is 12.1 Å². The Bertz CT molecular complexity index is 437. The molecule has 2 saturated heterocycles. The van der Waals surface area contributed by atoms with Crippen molar-refractivity contribution in [3.63, 3.8) is 0 Å². The molecule has 1 aromatic rings. The molecule has 0 aromatic heterocycles. The van der Waals surface area contributed by atoms with Gasteiger partial charge in [-0.3, -0.25) is 0 Å². The predicted molar refractivity (Wildman–Crippen MR) is 92.1 cm³/mol. The molecule has 0 aliphatic carbocycles. The molecule has 20 heavy (non-hydrogen) atoms. The van der Waals surface area contributed by atoms with Crippen LogP contribution in [0, 0.1) is 9.49 Å².